The first kappa shape index (κ1) is 18.8. The highest BCUT2D eigenvalue weighted by atomic mass is 32.1. The molecule has 8 heteroatoms. The summed E-state index contributed by atoms with van der Waals surface area (Å²) in [7, 11) is 1.59. The molecule has 0 saturated heterocycles. The number of aromatic nitrogens is 3. The molecule has 1 aromatic carbocycles. The molecule has 0 aliphatic rings. The summed E-state index contributed by atoms with van der Waals surface area (Å²) in [5.74, 6) is 0.535. The van der Waals surface area contributed by atoms with Crippen molar-refractivity contribution in [1.82, 2.24) is 20.3 Å². The number of hydrogen-bond donors (Lipinski definition) is 2. The number of amides is 2. The number of hydrogen-bond acceptors (Lipinski definition) is 6. The van der Waals surface area contributed by atoms with Crippen LogP contribution in [0.25, 0.3) is 32.6 Å². The first-order valence-corrected chi connectivity index (χ1v) is 9.91. The molecule has 0 aliphatic heterocycles. The van der Waals surface area contributed by atoms with Crippen molar-refractivity contribution in [2.45, 2.75) is 6.92 Å². The predicted octanol–water partition coefficient (Wildman–Crippen LogP) is 4.57. The zero-order valence-electron chi connectivity index (χ0n) is 16.0. The third-order valence-electron chi connectivity index (χ3n) is 4.25. The molecule has 0 bridgehead atoms. The summed E-state index contributed by atoms with van der Waals surface area (Å²) in [6, 6.07) is 13.3. The fraction of sp³-hybridized carbons (Fsp3) is 0.143. The van der Waals surface area contributed by atoms with Crippen LogP contribution in [0.15, 0.2) is 54.9 Å². The number of ether oxygens (including phenoxy) is 1. The standard InChI is InChI=1S/C21H19N5O2S/c1-3-23-20(27)26-21-25-17-11-14(13-6-5-9-22-12-13)10-15(19(17)29-21)16-7-4-8-18(24-16)28-2/h4-12H,3H2,1-2H3,(H2,23,25,26,27). The zero-order chi connectivity index (χ0) is 20.2. The molecule has 0 radical (unpaired) electrons. The van der Waals surface area contributed by atoms with Crippen molar-refractivity contribution in [2.75, 3.05) is 19.0 Å². The van der Waals surface area contributed by atoms with Crippen LogP contribution in [0.2, 0.25) is 0 Å². The maximum atomic E-state index is 11.9. The van der Waals surface area contributed by atoms with Gasteiger partial charge >= 0.3 is 6.03 Å². The summed E-state index contributed by atoms with van der Waals surface area (Å²) in [6.45, 7) is 2.41. The normalized spacial score (nSPS) is 10.7. The van der Waals surface area contributed by atoms with Crippen molar-refractivity contribution in [3.63, 3.8) is 0 Å². The third-order valence-corrected chi connectivity index (χ3v) is 5.27. The second kappa shape index (κ2) is 8.24. The number of carbonyl (C=O) groups excluding carboxylic acids is 1. The van der Waals surface area contributed by atoms with E-state index >= 15 is 0 Å². The van der Waals surface area contributed by atoms with E-state index in [1.54, 1.807) is 19.4 Å². The van der Waals surface area contributed by atoms with Crippen molar-refractivity contribution in [1.29, 1.82) is 0 Å². The lowest BCUT2D eigenvalue weighted by molar-refractivity contribution is 0.252. The number of nitrogens with one attached hydrogen (secondary N) is 2. The summed E-state index contributed by atoms with van der Waals surface area (Å²) in [4.78, 5) is 25.3. The fourth-order valence-corrected chi connectivity index (χ4v) is 3.92. The smallest absolute Gasteiger partial charge is 0.321 e. The average Bonchev–Trinajstić information content (AvgIpc) is 3.16. The predicted molar refractivity (Wildman–Crippen MR) is 115 cm³/mol. The van der Waals surface area contributed by atoms with Gasteiger partial charge in [0.15, 0.2) is 5.13 Å². The summed E-state index contributed by atoms with van der Waals surface area (Å²) in [5.41, 5.74) is 4.42. The third kappa shape index (κ3) is 4.02. The van der Waals surface area contributed by atoms with E-state index < -0.39 is 0 Å². The molecule has 0 spiro atoms. The van der Waals surface area contributed by atoms with Gasteiger partial charge in [-0.25, -0.2) is 14.8 Å². The number of pyridine rings is 2. The molecule has 2 amide bonds. The van der Waals surface area contributed by atoms with Crippen molar-refractivity contribution >= 4 is 32.7 Å². The van der Waals surface area contributed by atoms with Gasteiger partial charge in [0.05, 0.1) is 23.0 Å². The lowest BCUT2D eigenvalue weighted by Gasteiger charge is -2.08. The molecule has 4 aromatic rings. The van der Waals surface area contributed by atoms with Gasteiger partial charge < -0.3 is 10.1 Å². The minimum Gasteiger partial charge on any atom is -0.481 e. The zero-order valence-corrected chi connectivity index (χ0v) is 16.8. The Morgan fingerprint density at radius 1 is 1.14 bits per heavy atom. The molecule has 0 unspecified atom stereocenters. The van der Waals surface area contributed by atoms with Gasteiger partial charge in [0.1, 0.15) is 0 Å². The van der Waals surface area contributed by atoms with Gasteiger partial charge in [0, 0.05) is 36.1 Å². The van der Waals surface area contributed by atoms with E-state index in [2.05, 4.69) is 31.7 Å². The Hall–Kier alpha value is -3.52. The van der Waals surface area contributed by atoms with Crippen LogP contribution < -0.4 is 15.4 Å². The number of nitrogens with zero attached hydrogens (tertiary/aromatic N) is 3. The first-order chi connectivity index (χ1) is 14.2. The second-order valence-corrected chi connectivity index (χ2v) is 7.18. The highest BCUT2D eigenvalue weighted by Gasteiger charge is 2.15. The number of thiazole rings is 1. The molecule has 2 N–H and O–H groups in total. The van der Waals surface area contributed by atoms with Crippen LogP contribution in [0.3, 0.4) is 0 Å². The Morgan fingerprint density at radius 3 is 2.79 bits per heavy atom. The Morgan fingerprint density at radius 2 is 2.03 bits per heavy atom. The van der Waals surface area contributed by atoms with Gasteiger partial charge in [-0.2, -0.15) is 0 Å². The highest BCUT2D eigenvalue weighted by Crippen LogP contribution is 2.38. The molecule has 0 aliphatic carbocycles. The van der Waals surface area contributed by atoms with Crippen molar-refractivity contribution < 1.29 is 9.53 Å². The molecule has 0 atom stereocenters. The minimum atomic E-state index is -0.278. The number of fused-ring (bicyclic) bond motifs is 1. The Labute approximate surface area is 171 Å². The number of urea groups is 1. The summed E-state index contributed by atoms with van der Waals surface area (Å²) in [6.07, 6.45) is 3.55. The van der Waals surface area contributed by atoms with E-state index in [-0.39, 0.29) is 6.03 Å². The topological polar surface area (TPSA) is 89.0 Å². The average molecular weight is 405 g/mol. The molecule has 7 nitrogen and oxygen atoms in total. The molecule has 3 aromatic heterocycles. The molecule has 0 saturated carbocycles. The van der Waals surface area contributed by atoms with Crippen molar-refractivity contribution in [2.24, 2.45) is 0 Å². The number of anilines is 1. The van der Waals surface area contributed by atoms with Crippen LogP contribution >= 0.6 is 11.3 Å². The maximum absolute atomic E-state index is 11.9. The van der Waals surface area contributed by atoms with Crippen molar-refractivity contribution in [3.05, 3.63) is 54.9 Å². The quantitative estimate of drug-likeness (QED) is 0.508. The van der Waals surface area contributed by atoms with E-state index in [0.29, 0.717) is 17.6 Å². The van der Waals surface area contributed by atoms with E-state index in [4.69, 9.17) is 4.74 Å². The van der Waals surface area contributed by atoms with E-state index in [9.17, 15) is 4.79 Å². The highest BCUT2D eigenvalue weighted by molar-refractivity contribution is 7.22. The number of rotatable bonds is 5. The lowest BCUT2D eigenvalue weighted by atomic mass is 10.0. The Kier molecular flexibility index (Phi) is 5.35. The van der Waals surface area contributed by atoms with Gasteiger partial charge in [-0.3, -0.25) is 10.3 Å². The summed E-state index contributed by atoms with van der Waals surface area (Å²) >= 11 is 1.41. The summed E-state index contributed by atoms with van der Waals surface area (Å²) < 4.78 is 6.22. The van der Waals surface area contributed by atoms with Gasteiger partial charge in [-0.1, -0.05) is 23.5 Å². The molecule has 0 fully saturated rings. The van der Waals surface area contributed by atoms with Gasteiger partial charge in [-0.15, -0.1) is 0 Å². The minimum absolute atomic E-state index is 0.278. The lowest BCUT2D eigenvalue weighted by Crippen LogP contribution is -2.28. The molecule has 3 heterocycles. The Bertz CT molecular complexity index is 1160. The van der Waals surface area contributed by atoms with Crippen LogP contribution in [0.1, 0.15) is 6.92 Å². The van der Waals surface area contributed by atoms with Crippen molar-refractivity contribution in [3.8, 4) is 28.3 Å². The SMILES string of the molecule is CCNC(=O)Nc1nc2cc(-c3cccnc3)cc(-c3cccc(OC)n3)c2s1. The number of methoxy groups -OCH3 is 1. The molecule has 4 rings (SSSR count). The summed E-state index contributed by atoms with van der Waals surface area (Å²) in [5, 5.41) is 6.04. The van der Waals surface area contributed by atoms with Crippen LogP contribution in [0.5, 0.6) is 5.88 Å². The molecular formula is C21H19N5O2S. The Balaban J connectivity index is 1.88. The largest absolute Gasteiger partial charge is 0.481 e. The van der Waals surface area contributed by atoms with Gasteiger partial charge in [0.2, 0.25) is 5.88 Å². The number of carbonyl (C=O) groups is 1. The van der Waals surface area contributed by atoms with Crippen LogP contribution in [-0.2, 0) is 0 Å². The molecule has 29 heavy (non-hydrogen) atoms. The van der Waals surface area contributed by atoms with Gasteiger partial charge in [0.25, 0.3) is 0 Å². The van der Waals surface area contributed by atoms with Crippen LogP contribution in [-0.4, -0.2) is 34.6 Å². The van der Waals surface area contributed by atoms with Gasteiger partial charge in [-0.05, 0) is 36.8 Å². The van der Waals surface area contributed by atoms with E-state index in [1.807, 2.05) is 43.5 Å². The molecule has 146 valence electrons. The molecular weight excluding hydrogens is 386 g/mol. The fourth-order valence-electron chi connectivity index (χ4n) is 2.96. The maximum Gasteiger partial charge on any atom is 0.321 e. The van der Waals surface area contributed by atoms with Crippen LogP contribution in [0, 0.1) is 0 Å². The van der Waals surface area contributed by atoms with E-state index in [1.165, 1.54) is 11.3 Å². The second-order valence-electron chi connectivity index (χ2n) is 6.18. The number of benzene rings is 1. The monoisotopic (exact) mass is 405 g/mol. The van der Waals surface area contributed by atoms with Crippen LogP contribution in [0.4, 0.5) is 9.93 Å². The van der Waals surface area contributed by atoms with E-state index in [0.717, 1.165) is 32.6 Å². The first-order valence-electron chi connectivity index (χ1n) is 9.09.